The minimum atomic E-state index is 0.481. The first-order valence-corrected chi connectivity index (χ1v) is 7.50. The fraction of sp³-hybridized carbons (Fsp3) is 0.176. The zero-order chi connectivity index (χ0) is 14.7. The van der Waals surface area contributed by atoms with E-state index in [1.165, 1.54) is 0 Å². The fourth-order valence-electron chi connectivity index (χ4n) is 2.24. The van der Waals surface area contributed by atoms with Gasteiger partial charge in [0.25, 0.3) is 0 Å². The Bertz CT molecular complexity index is 713. The van der Waals surface area contributed by atoms with Gasteiger partial charge in [0, 0.05) is 23.3 Å². The first kappa shape index (κ1) is 13.8. The molecule has 0 radical (unpaired) electrons. The van der Waals surface area contributed by atoms with Gasteiger partial charge < -0.3 is 0 Å². The molecule has 0 bridgehead atoms. The third-order valence-electron chi connectivity index (χ3n) is 3.37. The summed E-state index contributed by atoms with van der Waals surface area (Å²) in [6, 6.07) is 14.2. The Kier molecular flexibility index (Phi) is 4.02. The summed E-state index contributed by atoms with van der Waals surface area (Å²) in [6.45, 7) is 2.09. The van der Waals surface area contributed by atoms with Crippen molar-refractivity contribution in [2.45, 2.75) is 19.2 Å². The fourth-order valence-corrected chi connectivity index (χ4v) is 2.39. The maximum absolute atomic E-state index is 5.96. The Morgan fingerprint density at radius 2 is 1.90 bits per heavy atom. The van der Waals surface area contributed by atoms with Crippen molar-refractivity contribution in [2.75, 3.05) is 0 Å². The average Bonchev–Trinajstić information content (AvgIpc) is 3.05. The summed E-state index contributed by atoms with van der Waals surface area (Å²) in [6.07, 6.45) is 4.73. The molecule has 1 aromatic carbocycles. The number of alkyl halides is 1. The molecule has 0 atom stereocenters. The monoisotopic (exact) mass is 297 g/mol. The summed E-state index contributed by atoms with van der Waals surface area (Å²) in [5.74, 6) is 1.29. The van der Waals surface area contributed by atoms with Gasteiger partial charge in [-0.1, -0.05) is 37.3 Å². The predicted octanol–water partition coefficient (Wildman–Crippen LogP) is 4.24. The van der Waals surface area contributed by atoms with Crippen LogP contribution in [-0.4, -0.2) is 14.8 Å². The lowest BCUT2D eigenvalue weighted by molar-refractivity contribution is 0.829. The maximum atomic E-state index is 5.96. The molecule has 2 aromatic heterocycles. The number of rotatable bonds is 4. The molecule has 3 aromatic rings. The number of aromatic nitrogens is 3. The van der Waals surface area contributed by atoms with Crippen LogP contribution in [0.15, 0.2) is 54.9 Å². The Hall–Kier alpha value is -2.13. The Morgan fingerprint density at radius 1 is 1.10 bits per heavy atom. The van der Waals surface area contributed by atoms with Gasteiger partial charge in [-0.15, -0.1) is 11.6 Å². The molecule has 0 saturated carbocycles. The van der Waals surface area contributed by atoms with Gasteiger partial charge in [0.05, 0.1) is 6.20 Å². The standard InChI is InChI=1S/C17H16ClN3/c1-2-16-8-13(10-18)9-17(20-16)21-12-15(11-19-21)14-6-4-3-5-7-14/h3-9,11-12H,2,10H2,1H3. The van der Waals surface area contributed by atoms with E-state index in [0.717, 1.165) is 34.6 Å². The van der Waals surface area contributed by atoms with Crippen LogP contribution in [0.3, 0.4) is 0 Å². The summed E-state index contributed by atoms with van der Waals surface area (Å²) >= 11 is 5.96. The molecule has 0 aliphatic heterocycles. The van der Waals surface area contributed by atoms with Crippen molar-refractivity contribution in [3.63, 3.8) is 0 Å². The third-order valence-corrected chi connectivity index (χ3v) is 3.67. The van der Waals surface area contributed by atoms with Crippen molar-refractivity contribution < 1.29 is 0 Å². The highest BCUT2D eigenvalue weighted by molar-refractivity contribution is 6.17. The Labute approximate surface area is 129 Å². The topological polar surface area (TPSA) is 30.7 Å². The molecule has 4 heteroatoms. The van der Waals surface area contributed by atoms with Crippen LogP contribution < -0.4 is 0 Å². The zero-order valence-corrected chi connectivity index (χ0v) is 12.6. The number of benzene rings is 1. The van der Waals surface area contributed by atoms with E-state index >= 15 is 0 Å². The highest BCUT2D eigenvalue weighted by Gasteiger charge is 2.06. The normalized spacial score (nSPS) is 10.8. The third kappa shape index (κ3) is 2.98. The van der Waals surface area contributed by atoms with Crippen LogP contribution in [-0.2, 0) is 12.3 Å². The minimum absolute atomic E-state index is 0.481. The van der Waals surface area contributed by atoms with E-state index in [1.54, 1.807) is 4.68 Å². The molecule has 0 saturated heterocycles. The first-order chi connectivity index (χ1) is 10.3. The average molecular weight is 298 g/mol. The van der Waals surface area contributed by atoms with Crippen molar-refractivity contribution in [2.24, 2.45) is 0 Å². The molecule has 3 nitrogen and oxygen atoms in total. The predicted molar refractivity (Wildman–Crippen MR) is 85.7 cm³/mol. The second-order valence-electron chi connectivity index (χ2n) is 4.85. The first-order valence-electron chi connectivity index (χ1n) is 6.96. The molecule has 0 spiro atoms. The summed E-state index contributed by atoms with van der Waals surface area (Å²) < 4.78 is 1.80. The lowest BCUT2D eigenvalue weighted by Gasteiger charge is -2.06. The van der Waals surface area contributed by atoms with Gasteiger partial charge in [-0.25, -0.2) is 9.67 Å². The molecule has 21 heavy (non-hydrogen) atoms. The summed E-state index contributed by atoms with van der Waals surface area (Å²) in [5.41, 5.74) is 4.31. The zero-order valence-electron chi connectivity index (χ0n) is 11.8. The van der Waals surface area contributed by atoms with Crippen LogP contribution in [0, 0.1) is 0 Å². The summed E-state index contributed by atoms with van der Waals surface area (Å²) in [7, 11) is 0. The quantitative estimate of drug-likeness (QED) is 0.675. The summed E-state index contributed by atoms with van der Waals surface area (Å²) in [5, 5.41) is 4.42. The van der Waals surface area contributed by atoms with Crippen molar-refractivity contribution in [1.82, 2.24) is 14.8 Å². The Morgan fingerprint density at radius 3 is 2.62 bits per heavy atom. The molecular weight excluding hydrogens is 282 g/mol. The van der Waals surface area contributed by atoms with E-state index in [4.69, 9.17) is 11.6 Å². The number of halogens is 1. The van der Waals surface area contributed by atoms with Crippen LogP contribution in [0.5, 0.6) is 0 Å². The number of pyridine rings is 1. The van der Waals surface area contributed by atoms with E-state index < -0.39 is 0 Å². The SMILES string of the molecule is CCc1cc(CCl)cc(-n2cc(-c3ccccc3)cn2)n1. The van der Waals surface area contributed by atoms with Gasteiger partial charge in [0.1, 0.15) is 0 Å². The van der Waals surface area contributed by atoms with E-state index in [1.807, 2.05) is 42.7 Å². The molecule has 3 rings (SSSR count). The van der Waals surface area contributed by atoms with E-state index in [0.29, 0.717) is 5.88 Å². The number of nitrogens with zero attached hydrogens (tertiary/aromatic N) is 3. The van der Waals surface area contributed by atoms with Gasteiger partial charge in [-0.05, 0) is 29.7 Å². The van der Waals surface area contributed by atoms with Gasteiger partial charge in [0.15, 0.2) is 5.82 Å². The van der Waals surface area contributed by atoms with Gasteiger partial charge in [-0.3, -0.25) is 0 Å². The van der Waals surface area contributed by atoms with Gasteiger partial charge in [0.2, 0.25) is 0 Å². The van der Waals surface area contributed by atoms with E-state index in [2.05, 4.69) is 29.1 Å². The van der Waals surface area contributed by atoms with Crippen LogP contribution in [0.1, 0.15) is 18.2 Å². The molecule has 0 unspecified atom stereocenters. The number of aryl methyl sites for hydroxylation is 1. The van der Waals surface area contributed by atoms with E-state index in [-0.39, 0.29) is 0 Å². The lowest BCUT2D eigenvalue weighted by atomic mass is 10.1. The molecule has 0 amide bonds. The lowest BCUT2D eigenvalue weighted by Crippen LogP contribution is -2.02. The molecule has 0 aliphatic carbocycles. The van der Waals surface area contributed by atoms with Gasteiger partial charge >= 0.3 is 0 Å². The molecule has 0 N–H and O–H groups in total. The maximum Gasteiger partial charge on any atom is 0.153 e. The highest BCUT2D eigenvalue weighted by atomic mass is 35.5. The van der Waals surface area contributed by atoms with Crippen LogP contribution in [0.4, 0.5) is 0 Å². The minimum Gasteiger partial charge on any atom is -0.234 e. The molecule has 106 valence electrons. The molecule has 0 aliphatic rings. The van der Waals surface area contributed by atoms with Crippen LogP contribution in [0.2, 0.25) is 0 Å². The molecule has 0 fully saturated rings. The van der Waals surface area contributed by atoms with Gasteiger partial charge in [-0.2, -0.15) is 5.10 Å². The highest BCUT2D eigenvalue weighted by Crippen LogP contribution is 2.20. The molecular formula is C17H16ClN3. The van der Waals surface area contributed by atoms with Crippen molar-refractivity contribution in [3.8, 4) is 16.9 Å². The summed E-state index contributed by atoms with van der Waals surface area (Å²) in [4.78, 5) is 4.62. The second-order valence-corrected chi connectivity index (χ2v) is 5.12. The molecule has 2 heterocycles. The number of hydrogen-bond donors (Lipinski definition) is 0. The van der Waals surface area contributed by atoms with Crippen molar-refractivity contribution in [3.05, 3.63) is 66.1 Å². The Balaban J connectivity index is 2.00. The second kappa shape index (κ2) is 6.10. The van der Waals surface area contributed by atoms with Crippen molar-refractivity contribution in [1.29, 1.82) is 0 Å². The van der Waals surface area contributed by atoms with E-state index in [9.17, 15) is 0 Å². The van der Waals surface area contributed by atoms with Crippen molar-refractivity contribution >= 4 is 11.6 Å². The van der Waals surface area contributed by atoms with Crippen LogP contribution in [0.25, 0.3) is 16.9 Å². The largest absolute Gasteiger partial charge is 0.234 e. The smallest absolute Gasteiger partial charge is 0.153 e. The van der Waals surface area contributed by atoms with Crippen LogP contribution >= 0.6 is 11.6 Å². The number of hydrogen-bond acceptors (Lipinski definition) is 2.